The minimum atomic E-state index is 0.0849. The van der Waals surface area contributed by atoms with Gasteiger partial charge in [-0.1, -0.05) is 303 Å². The Morgan fingerprint density at radius 2 is 0.443 bits per heavy atom. The lowest BCUT2D eigenvalue weighted by Gasteiger charge is -2.42. The standard InChI is InChI=1S/C98H62N8/c1-5-21-65(22-6-1)93-99-95(103-97(101-93)69-51-43-63(44-52-69)75-33-19-37-87-91(75)81-31-15-17-35-85(81)105(87)73-25-9-3-10-26-73)67-47-39-61(40-48-67)71-55-57-79-83(59-71)89-77-29-13-14-30-78(77)90(79)84-60-72(56-58-80(84)89)62-41-49-68(50-42-62)96-100-94(66-23-7-2-8-24-66)102-98(104-96)70-53-45-64(46-54-70)76-34-20-38-88-92(76)82-32-16-18-36-86(82)106(88)74-27-11-4-12-28-74/h1-60,89-90H. The summed E-state index contributed by atoms with van der Waals surface area (Å²) in [5.41, 5.74) is 29.8. The molecule has 15 aromatic carbocycles. The molecule has 8 heteroatoms. The maximum atomic E-state index is 5.22. The van der Waals surface area contributed by atoms with Crippen LogP contribution < -0.4 is 0 Å². The third-order valence-electron chi connectivity index (χ3n) is 21.7. The molecule has 2 unspecified atom stereocenters. The van der Waals surface area contributed by atoms with Crippen LogP contribution in [0.25, 0.3) is 168 Å². The summed E-state index contributed by atoms with van der Waals surface area (Å²) in [6.45, 7) is 0. The first-order chi connectivity index (χ1) is 52.5. The van der Waals surface area contributed by atoms with Crippen LogP contribution in [0.15, 0.2) is 364 Å². The molecule has 2 bridgehead atoms. The zero-order valence-electron chi connectivity index (χ0n) is 57.4. The minimum Gasteiger partial charge on any atom is -0.309 e. The summed E-state index contributed by atoms with van der Waals surface area (Å²) in [5.74, 6) is 3.89. The molecule has 0 spiro atoms. The summed E-state index contributed by atoms with van der Waals surface area (Å²) in [6, 6.07) is 130. The van der Waals surface area contributed by atoms with E-state index in [1.807, 2.05) is 36.4 Å². The van der Waals surface area contributed by atoms with E-state index in [-0.39, 0.29) is 11.8 Å². The second-order valence-electron chi connectivity index (χ2n) is 27.6. The van der Waals surface area contributed by atoms with Gasteiger partial charge < -0.3 is 9.13 Å². The SMILES string of the molecule is c1ccc(-c2nc(-c3ccc(-c4ccc5c(c4)C4c6ccccc6C5c5cc(-c6ccc(-c7nc(-c8ccccc8)nc(-c8ccc(-c9cccc%10c9c9ccccc9n%10-c9ccccc9)cc8)n7)cc6)ccc54)cc3)nc(-c3ccc(-c4cccc5c4c4ccccc4n5-c4ccccc4)cc3)n2)cc1. The van der Waals surface area contributed by atoms with Crippen LogP contribution in [0.2, 0.25) is 0 Å². The van der Waals surface area contributed by atoms with Crippen LogP contribution in [0.5, 0.6) is 0 Å². The van der Waals surface area contributed by atoms with E-state index >= 15 is 0 Å². The van der Waals surface area contributed by atoms with E-state index in [4.69, 9.17) is 29.9 Å². The second-order valence-corrected chi connectivity index (χ2v) is 27.6. The van der Waals surface area contributed by atoms with Gasteiger partial charge in [0, 0.05) is 78.1 Å². The average Bonchev–Trinajstić information content (AvgIpc) is 0.957. The van der Waals surface area contributed by atoms with Crippen molar-refractivity contribution in [1.82, 2.24) is 39.0 Å². The molecule has 0 saturated heterocycles. The number of aromatic nitrogens is 8. The van der Waals surface area contributed by atoms with Crippen molar-refractivity contribution in [2.75, 3.05) is 0 Å². The number of hydrogen-bond donors (Lipinski definition) is 0. The zero-order valence-corrected chi connectivity index (χ0v) is 57.4. The third kappa shape index (κ3) is 10.1. The zero-order chi connectivity index (χ0) is 69.8. The van der Waals surface area contributed by atoms with E-state index < -0.39 is 0 Å². The molecule has 0 N–H and O–H groups in total. The van der Waals surface area contributed by atoms with Gasteiger partial charge in [0.2, 0.25) is 0 Å². The van der Waals surface area contributed by atoms with Crippen molar-refractivity contribution in [3.05, 3.63) is 397 Å². The van der Waals surface area contributed by atoms with Gasteiger partial charge in [0.05, 0.1) is 22.1 Å². The van der Waals surface area contributed by atoms with Crippen molar-refractivity contribution < 1.29 is 0 Å². The van der Waals surface area contributed by atoms with E-state index in [1.165, 1.54) is 99.2 Å². The monoisotopic (exact) mass is 1350 g/mol. The summed E-state index contributed by atoms with van der Waals surface area (Å²) in [5, 5.41) is 4.88. The van der Waals surface area contributed by atoms with Gasteiger partial charge in [-0.05, 0) is 139 Å². The van der Waals surface area contributed by atoms with Crippen molar-refractivity contribution in [2.45, 2.75) is 11.8 Å². The topological polar surface area (TPSA) is 87.2 Å². The number of para-hydroxylation sites is 4. The lowest BCUT2D eigenvalue weighted by molar-refractivity contribution is 0.755. The largest absolute Gasteiger partial charge is 0.309 e. The van der Waals surface area contributed by atoms with Gasteiger partial charge in [0.15, 0.2) is 34.9 Å². The summed E-state index contributed by atoms with van der Waals surface area (Å²) >= 11 is 0. The summed E-state index contributed by atoms with van der Waals surface area (Å²) in [7, 11) is 0. The predicted molar refractivity (Wildman–Crippen MR) is 431 cm³/mol. The lowest BCUT2D eigenvalue weighted by Crippen LogP contribution is -2.27. The van der Waals surface area contributed by atoms with Crippen molar-refractivity contribution in [1.29, 1.82) is 0 Å². The van der Waals surface area contributed by atoms with Crippen molar-refractivity contribution in [3.63, 3.8) is 0 Å². The number of hydrogen-bond acceptors (Lipinski definition) is 6. The Morgan fingerprint density at radius 1 is 0.179 bits per heavy atom. The van der Waals surface area contributed by atoms with E-state index in [1.54, 1.807) is 0 Å². The molecule has 4 heterocycles. The van der Waals surface area contributed by atoms with Crippen molar-refractivity contribution >= 4 is 43.6 Å². The van der Waals surface area contributed by atoms with E-state index in [9.17, 15) is 0 Å². The Kier molecular flexibility index (Phi) is 14.2. The predicted octanol–water partition coefficient (Wildman–Crippen LogP) is 23.9. The Morgan fingerprint density at radius 3 is 0.802 bits per heavy atom. The van der Waals surface area contributed by atoms with E-state index in [0.29, 0.717) is 34.9 Å². The van der Waals surface area contributed by atoms with Crippen LogP contribution >= 0.6 is 0 Å². The van der Waals surface area contributed by atoms with Crippen molar-refractivity contribution in [2.24, 2.45) is 0 Å². The molecule has 0 fully saturated rings. The molecule has 0 aliphatic heterocycles. The molecule has 494 valence electrons. The highest BCUT2D eigenvalue weighted by atomic mass is 15.0. The van der Waals surface area contributed by atoms with Crippen LogP contribution in [0.3, 0.4) is 0 Å². The van der Waals surface area contributed by atoms with Gasteiger partial charge in [0.1, 0.15) is 0 Å². The van der Waals surface area contributed by atoms with Crippen LogP contribution in [0, 0.1) is 0 Å². The molecule has 3 aliphatic carbocycles. The van der Waals surface area contributed by atoms with E-state index in [2.05, 4.69) is 337 Å². The minimum absolute atomic E-state index is 0.0849. The summed E-state index contributed by atoms with van der Waals surface area (Å²) < 4.78 is 4.73. The molecule has 0 amide bonds. The Labute approximate surface area is 612 Å². The first-order valence-corrected chi connectivity index (χ1v) is 36.1. The lowest BCUT2D eigenvalue weighted by atomic mass is 9.60. The van der Waals surface area contributed by atoms with Crippen LogP contribution in [0.4, 0.5) is 0 Å². The molecule has 0 radical (unpaired) electrons. The van der Waals surface area contributed by atoms with Gasteiger partial charge in [-0.2, -0.15) is 0 Å². The second kappa shape index (κ2) is 24.9. The average molecular weight is 1350 g/mol. The van der Waals surface area contributed by atoms with Crippen molar-refractivity contribution in [3.8, 4) is 124 Å². The maximum Gasteiger partial charge on any atom is 0.164 e. The highest BCUT2D eigenvalue weighted by Gasteiger charge is 2.41. The summed E-state index contributed by atoms with van der Waals surface area (Å²) in [6.07, 6.45) is 0. The molecule has 8 nitrogen and oxygen atoms in total. The van der Waals surface area contributed by atoms with Crippen LogP contribution in [-0.2, 0) is 0 Å². The molecule has 0 saturated carbocycles. The number of nitrogens with zero attached hydrogens (tertiary/aromatic N) is 8. The highest BCUT2D eigenvalue weighted by Crippen LogP contribution is 2.57. The Balaban J connectivity index is 0.569. The molecule has 4 aromatic heterocycles. The molecule has 19 aromatic rings. The van der Waals surface area contributed by atoms with Crippen LogP contribution in [-0.4, -0.2) is 39.0 Å². The van der Waals surface area contributed by atoms with Gasteiger partial charge in [-0.3, -0.25) is 0 Å². The van der Waals surface area contributed by atoms with Gasteiger partial charge in [0.25, 0.3) is 0 Å². The molecule has 22 rings (SSSR count). The smallest absolute Gasteiger partial charge is 0.164 e. The maximum absolute atomic E-state index is 5.22. The van der Waals surface area contributed by atoms with Gasteiger partial charge in [-0.15, -0.1) is 0 Å². The van der Waals surface area contributed by atoms with E-state index in [0.717, 1.165) is 67.0 Å². The van der Waals surface area contributed by atoms with Gasteiger partial charge in [-0.25, -0.2) is 29.9 Å². The quantitative estimate of drug-likeness (QED) is 0.121. The fourth-order valence-electron chi connectivity index (χ4n) is 16.7. The summed E-state index contributed by atoms with van der Waals surface area (Å²) in [4.78, 5) is 31.0. The fraction of sp³-hybridized carbons (Fsp3) is 0.0204. The molecule has 3 aliphatic rings. The molecular weight excluding hydrogens is 1290 g/mol. The molecule has 2 atom stereocenters. The molecule has 106 heavy (non-hydrogen) atoms. The number of benzene rings is 15. The van der Waals surface area contributed by atoms with Gasteiger partial charge >= 0.3 is 0 Å². The first-order valence-electron chi connectivity index (χ1n) is 36.1. The number of fused-ring (bicyclic) bond motifs is 6. The Bertz CT molecular complexity index is 6240. The van der Waals surface area contributed by atoms with Crippen LogP contribution in [0.1, 0.15) is 45.2 Å². The highest BCUT2D eigenvalue weighted by molar-refractivity contribution is 6.17. The third-order valence-corrected chi connectivity index (χ3v) is 21.7. The Hall–Kier alpha value is -14.1. The molecular formula is C98H62N8. The number of rotatable bonds is 12. The fourth-order valence-corrected chi connectivity index (χ4v) is 16.7. The normalized spacial score (nSPS) is 13.5. The first kappa shape index (κ1) is 60.7.